The summed E-state index contributed by atoms with van der Waals surface area (Å²) in [4.78, 5) is 16.1. The molecule has 1 aliphatic carbocycles. The number of hydrogen-bond acceptors (Lipinski definition) is 2. The molecule has 3 heteroatoms. The summed E-state index contributed by atoms with van der Waals surface area (Å²) in [7, 11) is 4.16. The summed E-state index contributed by atoms with van der Waals surface area (Å²) < 4.78 is 0. The van der Waals surface area contributed by atoms with Crippen molar-refractivity contribution in [3.05, 3.63) is 11.6 Å². The van der Waals surface area contributed by atoms with Gasteiger partial charge in [-0.1, -0.05) is 25.5 Å². The zero-order valence-electron chi connectivity index (χ0n) is 14.1. The Hall–Kier alpha value is -0.830. The van der Waals surface area contributed by atoms with Gasteiger partial charge in [0.1, 0.15) is 0 Å². The number of hydrogen-bond donors (Lipinski definition) is 0. The first kappa shape index (κ1) is 17.2. The Balaban J connectivity index is 2.59. The van der Waals surface area contributed by atoms with Crippen LogP contribution in [0.3, 0.4) is 0 Å². The molecular formula is C17H32N2O. The van der Waals surface area contributed by atoms with Crippen molar-refractivity contribution in [3.8, 4) is 0 Å². The van der Waals surface area contributed by atoms with Crippen molar-refractivity contribution >= 4 is 5.91 Å². The Morgan fingerprint density at radius 1 is 1.30 bits per heavy atom. The van der Waals surface area contributed by atoms with Gasteiger partial charge in [-0.3, -0.25) is 4.79 Å². The van der Waals surface area contributed by atoms with Gasteiger partial charge in [-0.25, -0.2) is 0 Å². The fourth-order valence-corrected chi connectivity index (χ4v) is 3.37. The summed E-state index contributed by atoms with van der Waals surface area (Å²) in [5.41, 5.74) is 1.50. The van der Waals surface area contributed by atoms with Crippen LogP contribution in [0.1, 0.15) is 40.5 Å². The number of carbonyl (C=O) groups excluding carboxylic acids is 1. The lowest BCUT2D eigenvalue weighted by Crippen LogP contribution is -2.40. The highest BCUT2D eigenvalue weighted by Crippen LogP contribution is 2.34. The standard InChI is InChI=1S/C17H32N2O/c1-13-10-14(2)17(15(3)11-13)12-19(16(4)20)9-7-8-18(5)6/h10,14-15,17H,7-9,11-12H2,1-6H3/t14-,15+,17-/m1/s1. The normalized spacial score (nSPS) is 26.6. The fourth-order valence-electron chi connectivity index (χ4n) is 3.37. The molecule has 3 atom stereocenters. The topological polar surface area (TPSA) is 23.6 Å². The minimum Gasteiger partial charge on any atom is -0.343 e. The van der Waals surface area contributed by atoms with Gasteiger partial charge in [-0.2, -0.15) is 0 Å². The van der Waals surface area contributed by atoms with Gasteiger partial charge in [-0.05, 0) is 58.2 Å². The van der Waals surface area contributed by atoms with E-state index in [4.69, 9.17) is 0 Å². The second kappa shape index (κ2) is 7.82. The van der Waals surface area contributed by atoms with E-state index >= 15 is 0 Å². The average Bonchev–Trinajstić information content (AvgIpc) is 2.30. The first-order chi connectivity index (χ1) is 9.31. The van der Waals surface area contributed by atoms with E-state index in [9.17, 15) is 4.79 Å². The van der Waals surface area contributed by atoms with Crippen LogP contribution >= 0.6 is 0 Å². The minimum absolute atomic E-state index is 0.217. The SMILES string of the molecule is CC(=O)N(CCCN(C)C)C[C@@H]1[C@H](C)C=C(C)C[C@@H]1C. The van der Waals surface area contributed by atoms with Gasteiger partial charge in [-0.15, -0.1) is 0 Å². The lowest BCUT2D eigenvalue weighted by atomic mass is 9.74. The van der Waals surface area contributed by atoms with Gasteiger partial charge in [0.15, 0.2) is 0 Å². The van der Waals surface area contributed by atoms with Crippen LogP contribution in [0.4, 0.5) is 0 Å². The molecule has 116 valence electrons. The highest BCUT2D eigenvalue weighted by atomic mass is 16.2. The van der Waals surface area contributed by atoms with Gasteiger partial charge in [0.05, 0.1) is 0 Å². The molecule has 3 nitrogen and oxygen atoms in total. The molecule has 0 unspecified atom stereocenters. The first-order valence-electron chi connectivity index (χ1n) is 7.88. The molecule has 20 heavy (non-hydrogen) atoms. The Morgan fingerprint density at radius 3 is 2.45 bits per heavy atom. The lowest BCUT2D eigenvalue weighted by Gasteiger charge is -2.37. The summed E-state index contributed by atoms with van der Waals surface area (Å²) in [5, 5.41) is 0. The van der Waals surface area contributed by atoms with Crippen LogP contribution in [-0.4, -0.2) is 49.4 Å². The summed E-state index contributed by atoms with van der Waals surface area (Å²) in [6, 6.07) is 0. The Morgan fingerprint density at radius 2 is 1.95 bits per heavy atom. The molecular weight excluding hydrogens is 248 g/mol. The summed E-state index contributed by atoms with van der Waals surface area (Å²) >= 11 is 0. The molecule has 0 aromatic heterocycles. The molecule has 0 aromatic carbocycles. The maximum Gasteiger partial charge on any atom is 0.219 e. The van der Waals surface area contributed by atoms with Crippen molar-refractivity contribution in [2.24, 2.45) is 17.8 Å². The zero-order chi connectivity index (χ0) is 15.3. The molecule has 0 heterocycles. The molecule has 0 fully saturated rings. The van der Waals surface area contributed by atoms with Crippen LogP contribution in [0.25, 0.3) is 0 Å². The van der Waals surface area contributed by atoms with Crippen LogP contribution in [0.2, 0.25) is 0 Å². The highest BCUT2D eigenvalue weighted by molar-refractivity contribution is 5.73. The number of allylic oxidation sites excluding steroid dienone is 2. The van der Waals surface area contributed by atoms with E-state index in [0.29, 0.717) is 17.8 Å². The molecule has 0 saturated carbocycles. The smallest absolute Gasteiger partial charge is 0.219 e. The van der Waals surface area contributed by atoms with Crippen molar-refractivity contribution < 1.29 is 4.79 Å². The monoisotopic (exact) mass is 280 g/mol. The Kier molecular flexibility index (Phi) is 6.74. The van der Waals surface area contributed by atoms with E-state index in [1.807, 2.05) is 0 Å². The molecule has 0 radical (unpaired) electrons. The highest BCUT2D eigenvalue weighted by Gasteiger charge is 2.29. The van der Waals surface area contributed by atoms with Crippen molar-refractivity contribution in [1.29, 1.82) is 0 Å². The second-order valence-electron chi connectivity index (χ2n) is 6.84. The quantitative estimate of drug-likeness (QED) is 0.698. The van der Waals surface area contributed by atoms with Gasteiger partial charge < -0.3 is 9.80 Å². The summed E-state index contributed by atoms with van der Waals surface area (Å²) in [5.74, 6) is 2.07. The number of nitrogens with zero attached hydrogens (tertiary/aromatic N) is 2. The lowest BCUT2D eigenvalue weighted by molar-refractivity contribution is -0.130. The molecule has 1 rings (SSSR count). The molecule has 1 aliphatic rings. The minimum atomic E-state index is 0.217. The summed E-state index contributed by atoms with van der Waals surface area (Å²) in [6.07, 6.45) is 4.62. The summed E-state index contributed by atoms with van der Waals surface area (Å²) in [6.45, 7) is 11.4. The molecule has 0 N–H and O–H groups in total. The van der Waals surface area contributed by atoms with E-state index in [-0.39, 0.29) is 5.91 Å². The van der Waals surface area contributed by atoms with Crippen molar-refractivity contribution in [3.63, 3.8) is 0 Å². The average molecular weight is 280 g/mol. The fraction of sp³-hybridized carbons (Fsp3) is 0.824. The largest absolute Gasteiger partial charge is 0.343 e. The second-order valence-corrected chi connectivity index (χ2v) is 6.84. The predicted octanol–water partition coefficient (Wildman–Crippen LogP) is 3.03. The van der Waals surface area contributed by atoms with Crippen LogP contribution in [-0.2, 0) is 4.79 Å². The molecule has 0 aromatic rings. The van der Waals surface area contributed by atoms with Gasteiger partial charge in [0.2, 0.25) is 5.91 Å². The Labute approximate surface area is 125 Å². The third-order valence-corrected chi connectivity index (χ3v) is 4.51. The third-order valence-electron chi connectivity index (χ3n) is 4.51. The van der Waals surface area contributed by atoms with Crippen molar-refractivity contribution in [2.75, 3.05) is 33.7 Å². The molecule has 0 bridgehead atoms. The molecule has 0 spiro atoms. The number of amides is 1. The molecule has 0 saturated heterocycles. The van der Waals surface area contributed by atoms with E-state index < -0.39 is 0 Å². The maximum absolute atomic E-state index is 11.9. The van der Waals surface area contributed by atoms with Crippen LogP contribution in [0.15, 0.2) is 11.6 Å². The zero-order valence-corrected chi connectivity index (χ0v) is 14.1. The van der Waals surface area contributed by atoms with Crippen molar-refractivity contribution in [2.45, 2.75) is 40.5 Å². The van der Waals surface area contributed by atoms with E-state index in [0.717, 1.165) is 26.1 Å². The van der Waals surface area contributed by atoms with Crippen LogP contribution in [0.5, 0.6) is 0 Å². The first-order valence-corrected chi connectivity index (χ1v) is 7.88. The van der Waals surface area contributed by atoms with Crippen LogP contribution < -0.4 is 0 Å². The van der Waals surface area contributed by atoms with Gasteiger partial charge >= 0.3 is 0 Å². The Bertz CT molecular complexity index is 349. The molecule has 0 aliphatic heterocycles. The van der Waals surface area contributed by atoms with Gasteiger partial charge in [0, 0.05) is 20.0 Å². The predicted molar refractivity (Wildman–Crippen MR) is 85.6 cm³/mol. The number of rotatable bonds is 6. The van der Waals surface area contributed by atoms with E-state index in [1.54, 1.807) is 6.92 Å². The van der Waals surface area contributed by atoms with Crippen LogP contribution in [0, 0.1) is 17.8 Å². The number of carbonyl (C=O) groups is 1. The molecule has 1 amide bonds. The van der Waals surface area contributed by atoms with E-state index in [2.05, 4.69) is 50.7 Å². The van der Waals surface area contributed by atoms with Gasteiger partial charge in [0.25, 0.3) is 0 Å². The maximum atomic E-state index is 11.9. The van der Waals surface area contributed by atoms with Crippen molar-refractivity contribution in [1.82, 2.24) is 9.80 Å². The van der Waals surface area contributed by atoms with E-state index in [1.165, 1.54) is 12.0 Å². The third kappa shape index (κ3) is 5.28.